The van der Waals surface area contributed by atoms with Crippen molar-refractivity contribution < 1.29 is 4.74 Å². The number of nitrogens with one attached hydrogen (secondary N) is 1. The Bertz CT molecular complexity index is 300. The van der Waals surface area contributed by atoms with Crippen molar-refractivity contribution in [3.63, 3.8) is 0 Å². The lowest BCUT2D eigenvalue weighted by molar-refractivity contribution is 0.113. The zero-order chi connectivity index (χ0) is 12.5. The van der Waals surface area contributed by atoms with Crippen LogP contribution in [-0.4, -0.2) is 41.1 Å². The van der Waals surface area contributed by atoms with Crippen LogP contribution in [0.3, 0.4) is 0 Å². The van der Waals surface area contributed by atoms with Gasteiger partial charge in [-0.3, -0.25) is 4.68 Å². The summed E-state index contributed by atoms with van der Waals surface area (Å²) in [7, 11) is 1.96. The van der Waals surface area contributed by atoms with Gasteiger partial charge >= 0.3 is 0 Å². The molecule has 1 aromatic rings. The summed E-state index contributed by atoms with van der Waals surface area (Å²) in [5.74, 6) is 1.03. The first kappa shape index (κ1) is 14.1. The van der Waals surface area contributed by atoms with E-state index in [0.29, 0.717) is 6.04 Å². The molecule has 0 radical (unpaired) electrons. The third kappa shape index (κ3) is 4.83. The number of likely N-dealkylation sites (N-methyl/N-ethyl adjacent to an activating group) is 1. The van der Waals surface area contributed by atoms with Crippen molar-refractivity contribution in [2.75, 3.05) is 20.3 Å². The average molecular weight is 240 g/mol. The van der Waals surface area contributed by atoms with Crippen LogP contribution in [0.1, 0.15) is 32.5 Å². The molecule has 5 heteroatoms. The molecule has 1 N–H and O–H groups in total. The average Bonchev–Trinajstić information content (AvgIpc) is 2.76. The molecule has 0 aromatic carbocycles. The van der Waals surface area contributed by atoms with Crippen molar-refractivity contribution in [3.8, 4) is 0 Å². The van der Waals surface area contributed by atoms with Crippen molar-refractivity contribution in [1.29, 1.82) is 0 Å². The van der Waals surface area contributed by atoms with E-state index in [1.54, 1.807) is 6.33 Å². The van der Waals surface area contributed by atoms with Gasteiger partial charge in [0, 0.05) is 25.6 Å². The van der Waals surface area contributed by atoms with Crippen LogP contribution in [-0.2, 0) is 17.7 Å². The highest BCUT2D eigenvalue weighted by Crippen LogP contribution is 2.01. The summed E-state index contributed by atoms with van der Waals surface area (Å²) in [6.45, 7) is 6.74. The number of nitrogens with zero attached hydrogens (tertiary/aromatic N) is 3. The van der Waals surface area contributed by atoms with Gasteiger partial charge in [0.25, 0.3) is 0 Å². The Hall–Kier alpha value is -0.940. The number of ether oxygens (including phenoxy) is 1. The first-order valence-corrected chi connectivity index (χ1v) is 6.43. The van der Waals surface area contributed by atoms with Crippen LogP contribution < -0.4 is 5.32 Å². The summed E-state index contributed by atoms with van der Waals surface area (Å²) >= 11 is 0. The quantitative estimate of drug-likeness (QED) is 0.660. The fourth-order valence-corrected chi connectivity index (χ4v) is 1.68. The van der Waals surface area contributed by atoms with Crippen molar-refractivity contribution in [3.05, 3.63) is 12.2 Å². The molecule has 0 amide bonds. The molecule has 0 spiro atoms. The highest BCUT2D eigenvalue weighted by atomic mass is 16.5. The second-order valence-corrected chi connectivity index (χ2v) is 4.16. The van der Waals surface area contributed by atoms with Crippen molar-refractivity contribution in [2.24, 2.45) is 0 Å². The third-order valence-electron chi connectivity index (χ3n) is 2.64. The lowest BCUT2D eigenvalue weighted by Crippen LogP contribution is -2.33. The molecule has 0 fully saturated rings. The second-order valence-electron chi connectivity index (χ2n) is 4.16. The van der Waals surface area contributed by atoms with Crippen molar-refractivity contribution in [2.45, 2.75) is 45.7 Å². The minimum atomic E-state index is 0.307. The smallest absolute Gasteiger partial charge is 0.138 e. The summed E-state index contributed by atoms with van der Waals surface area (Å²) in [6, 6.07) is 0.307. The Morgan fingerprint density at radius 3 is 2.88 bits per heavy atom. The molecule has 1 atom stereocenters. The zero-order valence-corrected chi connectivity index (χ0v) is 11.1. The Labute approximate surface area is 104 Å². The van der Waals surface area contributed by atoms with Crippen LogP contribution in [0.2, 0.25) is 0 Å². The van der Waals surface area contributed by atoms with Crippen molar-refractivity contribution in [1.82, 2.24) is 20.1 Å². The number of aromatic nitrogens is 3. The normalized spacial score (nSPS) is 12.9. The summed E-state index contributed by atoms with van der Waals surface area (Å²) in [6.07, 6.45) is 4.63. The van der Waals surface area contributed by atoms with E-state index in [-0.39, 0.29) is 0 Å². The van der Waals surface area contributed by atoms with E-state index in [1.165, 1.54) is 0 Å². The van der Waals surface area contributed by atoms with E-state index in [4.69, 9.17) is 4.74 Å². The van der Waals surface area contributed by atoms with Crippen LogP contribution in [0.15, 0.2) is 6.33 Å². The van der Waals surface area contributed by atoms with Gasteiger partial charge in [0.2, 0.25) is 0 Å². The maximum absolute atomic E-state index is 5.56. The lowest BCUT2D eigenvalue weighted by atomic mass is 10.2. The standard InChI is InChI=1S/C12H24N4O/c1-4-6-16-12(14-10-15-16)8-11(13-3)9-17-7-5-2/h10-11,13H,4-9H2,1-3H3. The van der Waals surface area contributed by atoms with E-state index in [0.717, 1.165) is 44.8 Å². The molecule has 0 aliphatic carbocycles. The van der Waals surface area contributed by atoms with Gasteiger partial charge in [0.1, 0.15) is 12.2 Å². The molecular weight excluding hydrogens is 216 g/mol. The molecule has 1 heterocycles. The molecule has 1 unspecified atom stereocenters. The van der Waals surface area contributed by atoms with Crippen LogP contribution in [0, 0.1) is 0 Å². The summed E-state index contributed by atoms with van der Waals surface area (Å²) < 4.78 is 7.54. The maximum atomic E-state index is 5.56. The van der Waals surface area contributed by atoms with Gasteiger partial charge in [-0.25, -0.2) is 4.98 Å². The second kappa shape index (κ2) is 8.20. The molecule has 0 aliphatic heterocycles. The van der Waals surface area contributed by atoms with E-state index in [9.17, 15) is 0 Å². The fourth-order valence-electron chi connectivity index (χ4n) is 1.68. The maximum Gasteiger partial charge on any atom is 0.138 e. The highest BCUT2D eigenvalue weighted by Gasteiger charge is 2.12. The van der Waals surface area contributed by atoms with Gasteiger partial charge in [-0.15, -0.1) is 0 Å². The minimum Gasteiger partial charge on any atom is -0.380 e. The molecular formula is C12H24N4O. The Morgan fingerprint density at radius 2 is 2.24 bits per heavy atom. The van der Waals surface area contributed by atoms with Gasteiger partial charge in [0.15, 0.2) is 0 Å². The first-order chi connectivity index (χ1) is 8.31. The van der Waals surface area contributed by atoms with Crippen LogP contribution >= 0.6 is 0 Å². The summed E-state index contributed by atoms with van der Waals surface area (Å²) in [5.41, 5.74) is 0. The van der Waals surface area contributed by atoms with Gasteiger partial charge in [-0.05, 0) is 19.9 Å². The predicted octanol–water partition coefficient (Wildman–Crippen LogP) is 1.25. The molecule has 0 aliphatic rings. The van der Waals surface area contributed by atoms with E-state index < -0.39 is 0 Å². The SMILES string of the molecule is CCCOCC(Cc1ncnn1CCC)NC. The number of hydrogen-bond donors (Lipinski definition) is 1. The largest absolute Gasteiger partial charge is 0.380 e. The molecule has 0 saturated heterocycles. The molecule has 17 heavy (non-hydrogen) atoms. The van der Waals surface area contributed by atoms with Gasteiger partial charge in [-0.2, -0.15) is 5.10 Å². The lowest BCUT2D eigenvalue weighted by Gasteiger charge is -2.16. The Morgan fingerprint density at radius 1 is 1.41 bits per heavy atom. The number of aryl methyl sites for hydroxylation is 1. The molecule has 0 saturated carbocycles. The van der Waals surface area contributed by atoms with E-state index in [2.05, 4.69) is 29.2 Å². The first-order valence-electron chi connectivity index (χ1n) is 6.43. The Balaban J connectivity index is 2.45. The van der Waals surface area contributed by atoms with Crippen LogP contribution in [0.4, 0.5) is 0 Å². The van der Waals surface area contributed by atoms with Gasteiger partial charge in [0.05, 0.1) is 6.61 Å². The minimum absolute atomic E-state index is 0.307. The van der Waals surface area contributed by atoms with Crippen LogP contribution in [0.5, 0.6) is 0 Å². The molecule has 98 valence electrons. The van der Waals surface area contributed by atoms with Gasteiger partial charge in [-0.1, -0.05) is 13.8 Å². The highest BCUT2D eigenvalue weighted by molar-refractivity contribution is 4.89. The molecule has 1 rings (SSSR count). The number of rotatable bonds is 9. The van der Waals surface area contributed by atoms with E-state index >= 15 is 0 Å². The predicted molar refractivity (Wildman–Crippen MR) is 68.0 cm³/mol. The summed E-state index contributed by atoms with van der Waals surface area (Å²) in [4.78, 5) is 4.31. The Kier molecular flexibility index (Phi) is 6.81. The zero-order valence-electron chi connectivity index (χ0n) is 11.1. The monoisotopic (exact) mass is 240 g/mol. The van der Waals surface area contributed by atoms with E-state index in [1.807, 2.05) is 11.7 Å². The molecule has 1 aromatic heterocycles. The summed E-state index contributed by atoms with van der Waals surface area (Å²) in [5, 5.41) is 7.49. The third-order valence-corrected chi connectivity index (χ3v) is 2.64. The number of hydrogen-bond acceptors (Lipinski definition) is 4. The van der Waals surface area contributed by atoms with Gasteiger partial charge < -0.3 is 10.1 Å². The van der Waals surface area contributed by atoms with Crippen LogP contribution in [0.25, 0.3) is 0 Å². The molecule has 5 nitrogen and oxygen atoms in total. The van der Waals surface area contributed by atoms with Crippen molar-refractivity contribution >= 4 is 0 Å². The molecule has 0 bridgehead atoms. The topological polar surface area (TPSA) is 52.0 Å². The fraction of sp³-hybridized carbons (Fsp3) is 0.833.